The van der Waals surface area contributed by atoms with Gasteiger partial charge in [0.15, 0.2) is 12.2 Å². The van der Waals surface area contributed by atoms with Gasteiger partial charge in [0.25, 0.3) is 0 Å². The van der Waals surface area contributed by atoms with E-state index >= 15 is 0 Å². The zero-order chi connectivity index (χ0) is 79.7. The van der Waals surface area contributed by atoms with E-state index in [1.807, 2.05) is 0 Å². The van der Waals surface area contributed by atoms with Gasteiger partial charge in [-0.2, -0.15) is 0 Å². The second-order valence-corrected chi connectivity index (χ2v) is 35.7. The van der Waals surface area contributed by atoms with E-state index in [0.29, 0.717) is 25.7 Å². The summed E-state index contributed by atoms with van der Waals surface area (Å²) in [7, 11) is -9.93. The van der Waals surface area contributed by atoms with Crippen LogP contribution in [0.25, 0.3) is 0 Å². The lowest BCUT2D eigenvalue weighted by Gasteiger charge is -2.21. The third-order valence-electron chi connectivity index (χ3n) is 21.3. The molecule has 0 aromatic rings. The van der Waals surface area contributed by atoms with Crippen LogP contribution in [0.5, 0.6) is 0 Å². The van der Waals surface area contributed by atoms with Gasteiger partial charge in [-0.15, -0.1) is 0 Å². The van der Waals surface area contributed by atoms with Gasteiger partial charge in [-0.1, -0.05) is 439 Å². The van der Waals surface area contributed by atoms with Crippen molar-refractivity contribution >= 4 is 39.5 Å². The number of hydrogen-bond donors (Lipinski definition) is 3. The number of aliphatic hydroxyl groups excluding tert-OH is 1. The summed E-state index contributed by atoms with van der Waals surface area (Å²) in [5.41, 5.74) is 0. The van der Waals surface area contributed by atoms with Crippen molar-refractivity contribution < 1.29 is 80.2 Å². The predicted octanol–water partition coefficient (Wildman–Crippen LogP) is 27.9. The molecule has 0 aliphatic carbocycles. The minimum Gasteiger partial charge on any atom is -0.462 e. The Balaban J connectivity index is 5.21. The first-order valence-corrected chi connectivity index (χ1v) is 49.6. The molecule has 0 bridgehead atoms. The maximum atomic E-state index is 13.2. The van der Waals surface area contributed by atoms with E-state index < -0.39 is 97.5 Å². The zero-order valence-corrected chi connectivity index (χ0v) is 73.5. The molecule has 2 unspecified atom stereocenters. The first-order valence-electron chi connectivity index (χ1n) is 46.6. The van der Waals surface area contributed by atoms with Crippen LogP contribution in [0.4, 0.5) is 0 Å². The summed E-state index contributed by atoms with van der Waals surface area (Å²) < 4.78 is 69.0. The number of carbonyl (C=O) groups excluding carboxylic acids is 4. The fraction of sp³-hybridized carbons (Fsp3) is 0.956. The Morgan fingerprint density at radius 1 is 0.248 bits per heavy atom. The third kappa shape index (κ3) is 83.8. The topological polar surface area (TPSA) is 237 Å². The molecule has 17 nitrogen and oxygen atoms in total. The van der Waals surface area contributed by atoms with Gasteiger partial charge < -0.3 is 33.8 Å². The predicted molar refractivity (Wildman–Crippen MR) is 451 cm³/mol. The van der Waals surface area contributed by atoms with Crippen LogP contribution in [-0.4, -0.2) is 96.7 Å². The van der Waals surface area contributed by atoms with Crippen molar-refractivity contribution in [2.75, 3.05) is 39.6 Å². The van der Waals surface area contributed by atoms with Gasteiger partial charge in [-0.05, 0) is 31.6 Å². The minimum atomic E-state index is -4.97. The van der Waals surface area contributed by atoms with E-state index in [2.05, 4.69) is 34.6 Å². The Hall–Kier alpha value is -1.94. The van der Waals surface area contributed by atoms with Gasteiger partial charge in [0, 0.05) is 25.7 Å². The van der Waals surface area contributed by atoms with Crippen LogP contribution in [0.1, 0.15) is 490 Å². The first-order chi connectivity index (χ1) is 53.0. The van der Waals surface area contributed by atoms with Gasteiger partial charge in [-0.25, -0.2) is 9.13 Å². The highest BCUT2D eigenvalue weighted by Crippen LogP contribution is 2.45. The highest BCUT2D eigenvalue weighted by Gasteiger charge is 2.31. The van der Waals surface area contributed by atoms with E-state index in [1.165, 1.54) is 315 Å². The molecular weight excluding hydrogens is 1410 g/mol. The van der Waals surface area contributed by atoms with E-state index in [-0.39, 0.29) is 25.7 Å². The lowest BCUT2D eigenvalue weighted by Crippen LogP contribution is -2.30. The normalized spacial score (nSPS) is 13.7. The van der Waals surface area contributed by atoms with Crippen LogP contribution < -0.4 is 0 Å². The van der Waals surface area contributed by atoms with E-state index in [1.54, 1.807) is 0 Å². The lowest BCUT2D eigenvalue weighted by atomic mass is 10.0. The van der Waals surface area contributed by atoms with Gasteiger partial charge >= 0.3 is 39.5 Å². The number of phosphoric ester groups is 2. The van der Waals surface area contributed by atoms with Crippen molar-refractivity contribution in [3.63, 3.8) is 0 Å². The van der Waals surface area contributed by atoms with Gasteiger partial charge in [0.2, 0.25) is 0 Å². The van der Waals surface area contributed by atoms with Crippen molar-refractivity contribution in [3.05, 3.63) is 0 Å². The minimum absolute atomic E-state index is 0.109. The fourth-order valence-electron chi connectivity index (χ4n) is 14.2. The Kier molecular flexibility index (Phi) is 81.1. The van der Waals surface area contributed by atoms with E-state index in [0.717, 1.165) is 95.8 Å². The molecule has 0 aliphatic rings. The number of rotatable bonds is 90. The molecule has 648 valence electrons. The Morgan fingerprint density at radius 3 is 0.624 bits per heavy atom. The first kappa shape index (κ1) is 107. The van der Waals surface area contributed by atoms with Crippen molar-refractivity contribution in [3.8, 4) is 0 Å². The summed E-state index contributed by atoms with van der Waals surface area (Å²) in [6, 6.07) is 0. The maximum absolute atomic E-state index is 13.2. The van der Waals surface area contributed by atoms with Crippen LogP contribution in [-0.2, 0) is 65.4 Å². The summed E-state index contributed by atoms with van der Waals surface area (Å²) in [6.07, 6.45) is 77.9. The third-order valence-corrected chi connectivity index (χ3v) is 23.2. The summed E-state index contributed by atoms with van der Waals surface area (Å²) in [4.78, 5) is 73.3. The molecule has 0 spiro atoms. The molecule has 0 saturated heterocycles. The fourth-order valence-corrected chi connectivity index (χ4v) is 15.8. The second kappa shape index (κ2) is 82.6. The molecular formula is C90H176O17P2. The molecule has 0 aromatic carbocycles. The molecule has 19 heteroatoms. The highest BCUT2D eigenvalue weighted by molar-refractivity contribution is 7.47. The number of ether oxygens (including phenoxy) is 4. The Bertz CT molecular complexity index is 2070. The number of esters is 4. The average Bonchev–Trinajstić information content (AvgIpc) is 0.900. The number of hydrogen-bond acceptors (Lipinski definition) is 15. The van der Waals surface area contributed by atoms with E-state index in [9.17, 15) is 43.2 Å². The largest absolute Gasteiger partial charge is 0.472 e. The summed E-state index contributed by atoms with van der Waals surface area (Å²) >= 11 is 0. The number of phosphoric acid groups is 2. The van der Waals surface area contributed by atoms with Crippen LogP contribution in [0.2, 0.25) is 0 Å². The molecule has 0 fully saturated rings. The average molecular weight is 1590 g/mol. The zero-order valence-electron chi connectivity index (χ0n) is 71.7. The van der Waals surface area contributed by atoms with Crippen molar-refractivity contribution in [2.45, 2.75) is 509 Å². The maximum Gasteiger partial charge on any atom is 0.472 e. The van der Waals surface area contributed by atoms with Crippen LogP contribution in [0.15, 0.2) is 0 Å². The highest BCUT2D eigenvalue weighted by atomic mass is 31.2. The Morgan fingerprint density at radius 2 is 0.422 bits per heavy atom. The summed E-state index contributed by atoms with van der Waals surface area (Å²) in [5.74, 6) is -1.27. The number of aliphatic hydroxyl groups is 1. The van der Waals surface area contributed by atoms with Crippen LogP contribution in [0.3, 0.4) is 0 Å². The molecule has 109 heavy (non-hydrogen) atoms. The number of carbonyl (C=O) groups is 4. The molecule has 0 aliphatic heterocycles. The molecule has 5 atom stereocenters. The molecule has 0 aromatic heterocycles. The number of unbranched alkanes of at least 4 members (excludes halogenated alkanes) is 62. The standard InChI is InChI=1S/C90H176O17P2/c1-6-9-12-15-18-21-24-26-28-30-31-32-33-34-39-43-47-51-56-61-66-71-76-90(95)107-86(80-101-88(93)74-69-64-59-54-49-45-42-38-36-35-37-40-44-48-52-57-62-67-72-83(4)5)82-105-109(98,99)103-78-84(91)77-102-108(96,97)104-81-85(79-100-87(92)73-68-63-58-53-23-20-17-14-11-8-3)106-89(94)75-70-65-60-55-50-46-41-29-27-25-22-19-16-13-10-7-2/h83-86,91H,6-82H2,1-5H3,(H,96,97)(H,98,99)/t84-,85+,86+/m0/s1. The molecule has 3 N–H and O–H groups in total. The Labute approximate surface area is 670 Å². The molecule has 0 saturated carbocycles. The van der Waals surface area contributed by atoms with E-state index in [4.69, 9.17) is 37.0 Å². The van der Waals surface area contributed by atoms with Crippen molar-refractivity contribution in [1.82, 2.24) is 0 Å². The van der Waals surface area contributed by atoms with Crippen LogP contribution in [0, 0.1) is 5.92 Å². The van der Waals surface area contributed by atoms with Gasteiger partial charge in [0.1, 0.15) is 19.3 Å². The van der Waals surface area contributed by atoms with Gasteiger partial charge in [-0.3, -0.25) is 37.3 Å². The molecule has 0 heterocycles. The molecule has 0 rings (SSSR count). The summed E-state index contributed by atoms with van der Waals surface area (Å²) in [6.45, 7) is 7.42. The molecule has 0 radical (unpaired) electrons. The van der Waals surface area contributed by atoms with Crippen LogP contribution >= 0.6 is 15.6 Å². The monoisotopic (exact) mass is 1590 g/mol. The lowest BCUT2D eigenvalue weighted by molar-refractivity contribution is -0.161. The second-order valence-electron chi connectivity index (χ2n) is 32.8. The smallest absolute Gasteiger partial charge is 0.462 e. The summed E-state index contributed by atoms with van der Waals surface area (Å²) in [5, 5.41) is 10.7. The van der Waals surface area contributed by atoms with Crippen molar-refractivity contribution in [1.29, 1.82) is 0 Å². The quantitative estimate of drug-likeness (QED) is 0.0222. The van der Waals surface area contributed by atoms with Crippen molar-refractivity contribution in [2.24, 2.45) is 5.92 Å². The SMILES string of the molecule is CCCCCCCCCCCCCCCCCCCCCCCCC(=O)O[C@H](COC(=O)CCCCCCCCCCCCCCCCCCCCC(C)C)COP(=O)(O)OC[C@@H](O)COP(=O)(O)OC[C@@H](COC(=O)CCCCCCCCCCCC)OC(=O)CCCCCCCCCCCCCCCCCC. The van der Waals surface area contributed by atoms with Gasteiger partial charge in [0.05, 0.1) is 26.4 Å². The molecule has 0 amide bonds.